The van der Waals surface area contributed by atoms with Crippen molar-refractivity contribution >= 4 is 24.0 Å². The molecule has 1 aromatic rings. The maximum atomic E-state index is 13.0. The Morgan fingerprint density at radius 3 is 2.36 bits per heavy atom. The lowest BCUT2D eigenvalue weighted by molar-refractivity contribution is -0.145. The van der Waals surface area contributed by atoms with Gasteiger partial charge in [0.15, 0.2) is 5.96 Å². The average molecular weight is 509 g/mol. The van der Waals surface area contributed by atoms with E-state index in [2.05, 4.69) is 21.1 Å². The standard InChI is InChI=1S/C24H40N6O6/c1-16(2)13-20(21(31)29-19(22(32)34-4)11-8-12-27-23(25)26)28-14-17(3)30-36-24(33)35-15-18-9-6-5-7-10-18/h5-7,9-10,16-17,19-20,28,30H,8,11-15H2,1-4H3,(H,29,31)(H4,25,26,27)/t17-,19-,20-/m0/s1. The van der Waals surface area contributed by atoms with E-state index in [1.54, 1.807) is 6.92 Å². The molecule has 3 atom stereocenters. The molecule has 36 heavy (non-hydrogen) atoms. The molecule has 0 aliphatic heterocycles. The molecule has 202 valence electrons. The molecule has 7 N–H and O–H groups in total. The molecular formula is C24H40N6O6. The van der Waals surface area contributed by atoms with E-state index in [0.29, 0.717) is 32.4 Å². The lowest BCUT2D eigenvalue weighted by Gasteiger charge is -2.24. The van der Waals surface area contributed by atoms with Crippen molar-refractivity contribution < 1.29 is 28.7 Å². The van der Waals surface area contributed by atoms with Crippen molar-refractivity contribution in [2.75, 3.05) is 20.2 Å². The molecule has 0 saturated heterocycles. The summed E-state index contributed by atoms with van der Waals surface area (Å²) < 4.78 is 9.87. The number of esters is 1. The number of hydroxylamine groups is 1. The highest BCUT2D eigenvalue weighted by Gasteiger charge is 2.26. The van der Waals surface area contributed by atoms with Crippen LogP contribution in [0, 0.1) is 5.92 Å². The summed E-state index contributed by atoms with van der Waals surface area (Å²) >= 11 is 0. The van der Waals surface area contributed by atoms with E-state index in [-0.39, 0.29) is 30.4 Å². The SMILES string of the molecule is COC(=O)[C@H](CCCN=C(N)N)NC(=O)[C@H](CC(C)C)NC[C@H](C)NOC(=O)OCc1ccccc1. The molecule has 1 aromatic carbocycles. The van der Waals surface area contributed by atoms with Gasteiger partial charge in [-0.3, -0.25) is 9.79 Å². The van der Waals surface area contributed by atoms with Crippen molar-refractivity contribution in [1.82, 2.24) is 16.1 Å². The normalized spacial score (nSPS) is 13.2. The molecule has 0 spiro atoms. The number of nitrogens with zero attached hydrogens (tertiary/aromatic N) is 1. The Labute approximate surface area is 212 Å². The van der Waals surface area contributed by atoms with Crippen LogP contribution >= 0.6 is 0 Å². The largest absolute Gasteiger partial charge is 0.528 e. The van der Waals surface area contributed by atoms with Gasteiger partial charge in [-0.2, -0.15) is 0 Å². The van der Waals surface area contributed by atoms with Crippen molar-refractivity contribution in [1.29, 1.82) is 0 Å². The van der Waals surface area contributed by atoms with Crippen molar-refractivity contribution in [3.8, 4) is 0 Å². The maximum absolute atomic E-state index is 13.0. The number of hydrogen-bond acceptors (Lipinski definition) is 9. The first kappa shape index (κ1) is 30.7. The number of guanidine groups is 1. The number of hydrogen-bond donors (Lipinski definition) is 5. The third-order valence-corrected chi connectivity index (χ3v) is 4.98. The number of methoxy groups -OCH3 is 1. The fourth-order valence-corrected chi connectivity index (χ4v) is 3.18. The fraction of sp³-hybridized carbons (Fsp3) is 0.583. The van der Waals surface area contributed by atoms with E-state index in [0.717, 1.165) is 5.56 Å². The lowest BCUT2D eigenvalue weighted by Crippen LogP contribution is -2.53. The predicted octanol–water partition coefficient (Wildman–Crippen LogP) is 0.949. The zero-order valence-electron chi connectivity index (χ0n) is 21.5. The van der Waals surface area contributed by atoms with E-state index < -0.39 is 24.2 Å². The Hall–Kier alpha value is -3.38. The van der Waals surface area contributed by atoms with Crippen LogP contribution in [0.4, 0.5) is 4.79 Å². The summed E-state index contributed by atoms with van der Waals surface area (Å²) in [6, 6.07) is 7.50. The van der Waals surface area contributed by atoms with Crippen LogP contribution < -0.4 is 27.6 Å². The Bertz CT molecular complexity index is 832. The van der Waals surface area contributed by atoms with E-state index in [4.69, 9.17) is 25.8 Å². The molecule has 0 heterocycles. The first-order valence-corrected chi connectivity index (χ1v) is 11.9. The molecule has 1 rings (SSSR count). The smallest absolute Gasteiger partial charge is 0.467 e. The van der Waals surface area contributed by atoms with E-state index in [1.165, 1.54) is 7.11 Å². The predicted molar refractivity (Wildman–Crippen MR) is 135 cm³/mol. The number of carbonyl (C=O) groups is 3. The number of ether oxygens (including phenoxy) is 2. The number of nitrogens with two attached hydrogens (primary N) is 2. The van der Waals surface area contributed by atoms with Crippen molar-refractivity contribution in [3.05, 3.63) is 35.9 Å². The van der Waals surface area contributed by atoms with Crippen molar-refractivity contribution in [2.24, 2.45) is 22.4 Å². The minimum atomic E-state index is -0.858. The molecule has 0 saturated carbocycles. The Morgan fingerprint density at radius 1 is 1.06 bits per heavy atom. The maximum Gasteiger partial charge on any atom is 0.528 e. The van der Waals surface area contributed by atoms with Gasteiger partial charge in [-0.1, -0.05) is 44.2 Å². The first-order chi connectivity index (χ1) is 17.1. The number of aliphatic imine (C=N–C) groups is 1. The fourth-order valence-electron chi connectivity index (χ4n) is 3.18. The average Bonchev–Trinajstić information content (AvgIpc) is 2.85. The van der Waals surface area contributed by atoms with Crippen LogP contribution in [0.2, 0.25) is 0 Å². The van der Waals surface area contributed by atoms with Gasteiger partial charge in [0, 0.05) is 13.1 Å². The second-order valence-corrected chi connectivity index (χ2v) is 8.77. The second-order valence-electron chi connectivity index (χ2n) is 8.77. The second kappa shape index (κ2) is 17.1. The van der Waals surface area contributed by atoms with Crippen LogP contribution in [0.1, 0.15) is 45.6 Å². The quantitative estimate of drug-likeness (QED) is 0.0709. The van der Waals surface area contributed by atoms with E-state index >= 15 is 0 Å². The Morgan fingerprint density at radius 2 is 1.75 bits per heavy atom. The minimum Gasteiger partial charge on any atom is -0.467 e. The first-order valence-electron chi connectivity index (χ1n) is 11.9. The molecule has 0 radical (unpaired) electrons. The number of benzene rings is 1. The molecule has 1 amide bonds. The molecule has 0 fully saturated rings. The van der Waals surface area contributed by atoms with Crippen LogP contribution in [0.15, 0.2) is 35.3 Å². The molecule has 0 aliphatic rings. The zero-order chi connectivity index (χ0) is 26.9. The van der Waals surface area contributed by atoms with Crippen LogP contribution in [0.3, 0.4) is 0 Å². The lowest BCUT2D eigenvalue weighted by atomic mass is 10.0. The van der Waals surface area contributed by atoms with Crippen LogP contribution in [0.5, 0.6) is 0 Å². The molecule has 0 aromatic heterocycles. The van der Waals surface area contributed by atoms with E-state index in [1.807, 2.05) is 44.2 Å². The van der Waals surface area contributed by atoms with E-state index in [9.17, 15) is 14.4 Å². The highest BCUT2D eigenvalue weighted by Crippen LogP contribution is 2.08. The minimum absolute atomic E-state index is 0.0361. The number of rotatable bonds is 16. The monoisotopic (exact) mass is 508 g/mol. The molecule has 0 unspecified atom stereocenters. The van der Waals surface area contributed by atoms with Gasteiger partial charge in [0.25, 0.3) is 0 Å². The summed E-state index contributed by atoms with van der Waals surface area (Å²) in [4.78, 5) is 45.8. The summed E-state index contributed by atoms with van der Waals surface area (Å²) in [5.41, 5.74) is 14.1. The van der Waals surface area contributed by atoms with Gasteiger partial charge in [0.1, 0.15) is 12.6 Å². The molecular weight excluding hydrogens is 468 g/mol. The third-order valence-electron chi connectivity index (χ3n) is 4.98. The van der Waals surface area contributed by atoms with Crippen LogP contribution in [0.25, 0.3) is 0 Å². The van der Waals surface area contributed by atoms with Crippen LogP contribution in [-0.4, -0.2) is 62.3 Å². The molecule has 12 nitrogen and oxygen atoms in total. The highest BCUT2D eigenvalue weighted by atomic mass is 16.8. The van der Waals surface area contributed by atoms with Gasteiger partial charge in [0.2, 0.25) is 5.91 Å². The van der Waals surface area contributed by atoms with Gasteiger partial charge in [-0.15, -0.1) is 5.48 Å². The number of nitrogens with one attached hydrogen (secondary N) is 3. The van der Waals surface area contributed by atoms with Crippen LogP contribution in [-0.2, 0) is 30.5 Å². The topological polar surface area (TPSA) is 179 Å². The van der Waals surface area contributed by atoms with Crippen molar-refractivity contribution in [2.45, 2.75) is 64.8 Å². The number of amides is 1. The van der Waals surface area contributed by atoms with Gasteiger partial charge in [-0.25, -0.2) is 9.59 Å². The summed E-state index contributed by atoms with van der Waals surface area (Å²) in [5.74, 6) is -0.713. The highest BCUT2D eigenvalue weighted by molar-refractivity contribution is 5.87. The zero-order valence-corrected chi connectivity index (χ0v) is 21.5. The van der Waals surface area contributed by atoms with Gasteiger partial charge < -0.3 is 36.4 Å². The molecule has 0 bridgehead atoms. The van der Waals surface area contributed by atoms with Crippen molar-refractivity contribution in [3.63, 3.8) is 0 Å². The Balaban J connectivity index is 2.55. The summed E-state index contributed by atoms with van der Waals surface area (Å²) in [6.45, 7) is 6.49. The third kappa shape index (κ3) is 13.5. The molecule has 12 heteroatoms. The summed E-state index contributed by atoms with van der Waals surface area (Å²) in [7, 11) is 1.26. The van der Waals surface area contributed by atoms with Gasteiger partial charge in [-0.05, 0) is 37.7 Å². The van der Waals surface area contributed by atoms with Gasteiger partial charge >= 0.3 is 12.1 Å². The van der Waals surface area contributed by atoms with Gasteiger partial charge in [0.05, 0.1) is 19.2 Å². The molecule has 0 aliphatic carbocycles. The number of carbonyl (C=O) groups excluding carboxylic acids is 3. The Kier molecular flexibility index (Phi) is 14.6. The summed E-state index contributed by atoms with van der Waals surface area (Å²) in [6.07, 6.45) is 0.476. The summed E-state index contributed by atoms with van der Waals surface area (Å²) in [5, 5.41) is 5.92.